The maximum absolute atomic E-state index is 13.3. The molecule has 2 heterocycles. The predicted octanol–water partition coefficient (Wildman–Crippen LogP) is 4.40. The molecular weight excluding hydrogens is 361 g/mol. The summed E-state index contributed by atoms with van der Waals surface area (Å²) >= 11 is 0. The molecule has 28 heavy (non-hydrogen) atoms. The van der Waals surface area contributed by atoms with Crippen molar-refractivity contribution in [2.45, 2.75) is 19.8 Å². The monoisotopic (exact) mass is 383 g/mol. The summed E-state index contributed by atoms with van der Waals surface area (Å²) in [5.41, 5.74) is 2.07. The first-order valence-electron chi connectivity index (χ1n) is 9.08. The number of allylic oxidation sites excluding steroid dienone is 1. The van der Waals surface area contributed by atoms with Gasteiger partial charge in [0.25, 0.3) is 0 Å². The number of hydrogen-bond acceptors (Lipinski definition) is 5. The van der Waals surface area contributed by atoms with Crippen molar-refractivity contribution in [3.05, 3.63) is 60.6 Å². The molecule has 0 aliphatic heterocycles. The number of carbonyl (C=O) groups excluding carboxylic acids is 1. The van der Waals surface area contributed by atoms with E-state index in [-0.39, 0.29) is 23.7 Å². The zero-order valence-corrected chi connectivity index (χ0v) is 15.6. The topological polar surface area (TPSA) is 75.9 Å². The Bertz CT molecular complexity index is 996. The fraction of sp³-hybridized carbons (Fsp3) is 0.238. The van der Waals surface area contributed by atoms with Crippen LogP contribution < -0.4 is 5.32 Å². The van der Waals surface area contributed by atoms with Gasteiger partial charge in [-0.05, 0) is 44.0 Å². The molecule has 6 nitrogen and oxygen atoms in total. The minimum atomic E-state index is -0.553. The van der Waals surface area contributed by atoms with Crippen LogP contribution in [0.1, 0.15) is 30.1 Å². The van der Waals surface area contributed by atoms with Crippen LogP contribution in [0.3, 0.4) is 0 Å². The lowest BCUT2D eigenvalue weighted by Gasteiger charge is -2.09. The molecule has 0 saturated carbocycles. The van der Waals surface area contributed by atoms with E-state index in [0.717, 1.165) is 12.8 Å². The van der Waals surface area contributed by atoms with E-state index in [1.54, 1.807) is 25.3 Å². The molecule has 2 N–H and O–H groups in total. The average molecular weight is 383 g/mol. The number of carbonyl (C=O) groups is 1. The molecule has 146 valence electrons. The highest BCUT2D eigenvalue weighted by Crippen LogP contribution is 2.32. The number of rotatable bonds is 8. The number of nitrogens with one attached hydrogen (secondary N) is 1. The lowest BCUT2D eigenvalue weighted by atomic mass is 10.1. The molecule has 1 aromatic carbocycles. The van der Waals surface area contributed by atoms with Crippen LogP contribution in [0.2, 0.25) is 0 Å². The predicted molar refractivity (Wildman–Crippen MR) is 106 cm³/mol. The summed E-state index contributed by atoms with van der Waals surface area (Å²) in [6, 6.07) is 7.18. The maximum atomic E-state index is 13.3. The van der Waals surface area contributed by atoms with Crippen LogP contribution in [0.15, 0.2) is 49.2 Å². The summed E-state index contributed by atoms with van der Waals surface area (Å²) in [5.74, 6) is -0.932. The number of benzene rings is 1. The van der Waals surface area contributed by atoms with E-state index in [2.05, 4.69) is 17.0 Å². The number of anilines is 1. The standard InChI is InChI=1S/C21H22FN3O3/c1-3-5-6-11-23-16-13-25-17(12-18(16)26)19(21(27)28-4-2)20(24-25)14-7-9-15(22)10-8-14/h3,7-10,12-13,23,26H,1,4-6,11H2,2H3. The number of fused-ring (bicyclic) bond motifs is 1. The van der Waals surface area contributed by atoms with Crippen molar-refractivity contribution in [2.24, 2.45) is 0 Å². The molecule has 3 aromatic rings. The quantitative estimate of drug-likeness (QED) is 0.343. The number of nitrogens with zero attached hydrogens (tertiary/aromatic N) is 2. The zero-order chi connectivity index (χ0) is 20.1. The van der Waals surface area contributed by atoms with Gasteiger partial charge in [-0.2, -0.15) is 5.10 Å². The molecule has 0 aliphatic rings. The van der Waals surface area contributed by atoms with Crippen molar-refractivity contribution >= 4 is 17.2 Å². The fourth-order valence-corrected chi connectivity index (χ4v) is 2.90. The zero-order valence-electron chi connectivity index (χ0n) is 15.6. The molecular formula is C21H22FN3O3. The summed E-state index contributed by atoms with van der Waals surface area (Å²) in [5, 5.41) is 18.0. The molecule has 0 unspecified atom stereocenters. The highest BCUT2D eigenvalue weighted by atomic mass is 19.1. The van der Waals surface area contributed by atoms with Gasteiger partial charge in [-0.15, -0.1) is 6.58 Å². The van der Waals surface area contributed by atoms with Crippen LogP contribution in [0.4, 0.5) is 10.1 Å². The van der Waals surface area contributed by atoms with Crippen molar-refractivity contribution < 1.29 is 19.0 Å². The number of ether oxygens (including phenoxy) is 1. The van der Waals surface area contributed by atoms with E-state index < -0.39 is 5.97 Å². The van der Waals surface area contributed by atoms with Gasteiger partial charge in [0, 0.05) is 18.2 Å². The van der Waals surface area contributed by atoms with Gasteiger partial charge in [0.1, 0.15) is 22.8 Å². The Morgan fingerprint density at radius 2 is 2.14 bits per heavy atom. The Morgan fingerprint density at radius 3 is 2.82 bits per heavy atom. The number of esters is 1. The van der Waals surface area contributed by atoms with E-state index >= 15 is 0 Å². The number of halogens is 1. The number of unbranched alkanes of at least 4 members (excludes halogenated alkanes) is 1. The third-order valence-corrected chi connectivity index (χ3v) is 4.25. The number of aromatic hydroxyl groups is 1. The van der Waals surface area contributed by atoms with E-state index in [9.17, 15) is 14.3 Å². The van der Waals surface area contributed by atoms with Crippen LogP contribution >= 0.6 is 0 Å². The highest BCUT2D eigenvalue weighted by molar-refractivity contribution is 6.03. The second-order valence-electron chi connectivity index (χ2n) is 6.21. The summed E-state index contributed by atoms with van der Waals surface area (Å²) in [4.78, 5) is 12.6. The molecule has 0 radical (unpaired) electrons. The Labute approximate surface area is 162 Å². The van der Waals surface area contributed by atoms with Crippen LogP contribution in [-0.4, -0.2) is 33.8 Å². The number of pyridine rings is 1. The molecule has 0 fully saturated rings. The first-order chi connectivity index (χ1) is 13.5. The van der Waals surface area contributed by atoms with Gasteiger partial charge in [-0.25, -0.2) is 13.7 Å². The van der Waals surface area contributed by atoms with Crippen molar-refractivity contribution in [1.29, 1.82) is 0 Å². The van der Waals surface area contributed by atoms with Gasteiger partial charge in [0.05, 0.1) is 24.0 Å². The lowest BCUT2D eigenvalue weighted by Crippen LogP contribution is -2.06. The second-order valence-corrected chi connectivity index (χ2v) is 6.21. The van der Waals surface area contributed by atoms with Crippen molar-refractivity contribution in [3.63, 3.8) is 0 Å². The van der Waals surface area contributed by atoms with Crippen molar-refractivity contribution in [1.82, 2.24) is 9.61 Å². The second kappa shape index (κ2) is 8.56. The van der Waals surface area contributed by atoms with Gasteiger partial charge >= 0.3 is 5.97 Å². The Morgan fingerprint density at radius 1 is 1.39 bits per heavy atom. The van der Waals surface area contributed by atoms with Crippen LogP contribution in [0.25, 0.3) is 16.8 Å². The Balaban J connectivity index is 2.08. The third-order valence-electron chi connectivity index (χ3n) is 4.25. The average Bonchev–Trinajstić information content (AvgIpc) is 3.04. The first kappa shape index (κ1) is 19.4. The number of hydrogen-bond donors (Lipinski definition) is 2. The third kappa shape index (κ3) is 3.98. The van der Waals surface area contributed by atoms with Gasteiger partial charge in [0.15, 0.2) is 0 Å². The molecule has 0 aliphatic carbocycles. The molecule has 0 atom stereocenters. The molecule has 3 rings (SSSR count). The largest absolute Gasteiger partial charge is 0.506 e. The Kier molecular flexibility index (Phi) is 5.93. The Hall–Kier alpha value is -3.35. The molecule has 7 heteroatoms. The highest BCUT2D eigenvalue weighted by Gasteiger charge is 2.23. The lowest BCUT2D eigenvalue weighted by molar-refractivity contribution is 0.0529. The molecule has 0 spiro atoms. The fourth-order valence-electron chi connectivity index (χ4n) is 2.90. The molecule has 0 bridgehead atoms. The van der Waals surface area contributed by atoms with Gasteiger partial charge in [0.2, 0.25) is 0 Å². The van der Waals surface area contributed by atoms with Crippen LogP contribution in [-0.2, 0) is 4.74 Å². The molecule has 0 saturated heterocycles. The van der Waals surface area contributed by atoms with E-state index in [0.29, 0.717) is 29.0 Å². The minimum Gasteiger partial charge on any atom is -0.506 e. The van der Waals surface area contributed by atoms with E-state index in [4.69, 9.17) is 4.74 Å². The SMILES string of the molecule is C=CCCCNc1cn2nc(-c3ccc(F)cc3)c(C(=O)OCC)c2cc1O. The summed E-state index contributed by atoms with van der Waals surface area (Å²) in [7, 11) is 0. The maximum Gasteiger partial charge on any atom is 0.342 e. The van der Waals surface area contributed by atoms with E-state index in [1.807, 2.05) is 6.08 Å². The molecule has 0 amide bonds. The van der Waals surface area contributed by atoms with Crippen LogP contribution in [0.5, 0.6) is 5.75 Å². The van der Waals surface area contributed by atoms with E-state index in [1.165, 1.54) is 22.7 Å². The summed E-state index contributed by atoms with van der Waals surface area (Å²) in [6.45, 7) is 6.25. The van der Waals surface area contributed by atoms with Crippen molar-refractivity contribution in [3.8, 4) is 17.0 Å². The summed E-state index contributed by atoms with van der Waals surface area (Å²) in [6.07, 6.45) is 5.18. The van der Waals surface area contributed by atoms with Gasteiger partial charge in [-0.3, -0.25) is 0 Å². The first-order valence-corrected chi connectivity index (χ1v) is 9.08. The molecule has 2 aromatic heterocycles. The van der Waals surface area contributed by atoms with Crippen molar-refractivity contribution in [2.75, 3.05) is 18.5 Å². The normalized spacial score (nSPS) is 10.8. The number of aromatic nitrogens is 2. The smallest absolute Gasteiger partial charge is 0.342 e. The van der Waals surface area contributed by atoms with Gasteiger partial charge in [-0.1, -0.05) is 6.08 Å². The summed E-state index contributed by atoms with van der Waals surface area (Å²) < 4.78 is 20.0. The van der Waals surface area contributed by atoms with Gasteiger partial charge < -0.3 is 15.2 Å². The van der Waals surface area contributed by atoms with Crippen LogP contribution in [0, 0.1) is 5.82 Å². The minimum absolute atomic E-state index is 0.00204.